The minimum Gasteiger partial charge on any atom is -0.494 e. The van der Waals surface area contributed by atoms with E-state index in [1.807, 2.05) is 0 Å². The number of rotatable bonds is 6. The van der Waals surface area contributed by atoms with Crippen molar-refractivity contribution in [2.45, 2.75) is 32.6 Å². The molecule has 0 aliphatic rings. The van der Waals surface area contributed by atoms with Gasteiger partial charge in [-0.05, 0) is 41.5 Å². The smallest absolute Gasteiger partial charge is 0.119 e. The monoisotopic (exact) mass is 306 g/mol. The standard InChI is InChI=1S/C16H19BrO/c1-2-3-4-5-10-18-16-9-7-13-11-15(17)8-6-14(13)12-16/h6-9,11-12H,2-5,10H2,1H3. The van der Waals surface area contributed by atoms with Gasteiger partial charge in [-0.1, -0.05) is 54.2 Å². The fourth-order valence-electron chi connectivity index (χ4n) is 2.00. The van der Waals surface area contributed by atoms with Gasteiger partial charge in [0, 0.05) is 4.47 Å². The molecule has 0 aliphatic carbocycles. The van der Waals surface area contributed by atoms with E-state index < -0.39 is 0 Å². The number of unbranched alkanes of at least 4 members (excludes halogenated alkanes) is 3. The van der Waals surface area contributed by atoms with Gasteiger partial charge in [0.1, 0.15) is 5.75 Å². The largest absolute Gasteiger partial charge is 0.494 e. The molecule has 2 aromatic carbocycles. The molecular weight excluding hydrogens is 288 g/mol. The van der Waals surface area contributed by atoms with Crippen LogP contribution in [0.5, 0.6) is 5.75 Å². The van der Waals surface area contributed by atoms with Crippen molar-refractivity contribution in [3.8, 4) is 5.75 Å². The number of fused-ring (bicyclic) bond motifs is 1. The quantitative estimate of drug-likeness (QED) is 0.635. The topological polar surface area (TPSA) is 9.23 Å². The van der Waals surface area contributed by atoms with Crippen molar-refractivity contribution in [1.29, 1.82) is 0 Å². The minimum absolute atomic E-state index is 0.821. The van der Waals surface area contributed by atoms with Gasteiger partial charge in [-0.25, -0.2) is 0 Å². The molecule has 0 aliphatic heterocycles. The molecule has 0 atom stereocenters. The summed E-state index contributed by atoms with van der Waals surface area (Å²) in [7, 11) is 0. The summed E-state index contributed by atoms with van der Waals surface area (Å²) in [6.45, 7) is 3.05. The predicted molar refractivity (Wildman–Crippen MR) is 81.3 cm³/mol. The number of benzene rings is 2. The van der Waals surface area contributed by atoms with E-state index in [2.05, 4.69) is 59.3 Å². The third-order valence-corrected chi connectivity index (χ3v) is 3.53. The predicted octanol–water partition coefficient (Wildman–Crippen LogP) is 5.56. The zero-order chi connectivity index (χ0) is 12.8. The highest BCUT2D eigenvalue weighted by Gasteiger charge is 1.98. The van der Waals surface area contributed by atoms with Gasteiger partial charge < -0.3 is 4.74 Å². The molecule has 0 fully saturated rings. The highest BCUT2D eigenvalue weighted by molar-refractivity contribution is 9.10. The summed E-state index contributed by atoms with van der Waals surface area (Å²) in [5, 5.41) is 2.46. The number of halogens is 1. The van der Waals surface area contributed by atoms with E-state index in [4.69, 9.17) is 4.74 Å². The first kappa shape index (κ1) is 13.4. The summed E-state index contributed by atoms with van der Waals surface area (Å²) in [6, 6.07) is 12.6. The average Bonchev–Trinajstić information content (AvgIpc) is 2.38. The summed E-state index contributed by atoms with van der Waals surface area (Å²) < 4.78 is 6.89. The third kappa shape index (κ3) is 3.74. The second-order valence-electron chi connectivity index (χ2n) is 4.56. The lowest BCUT2D eigenvalue weighted by Gasteiger charge is -2.07. The van der Waals surface area contributed by atoms with Crippen LogP contribution in [0.2, 0.25) is 0 Å². The van der Waals surface area contributed by atoms with E-state index in [0.717, 1.165) is 23.2 Å². The molecule has 0 bridgehead atoms. The van der Waals surface area contributed by atoms with Gasteiger partial charge >= 0.3 is 0 Å². The molecule has 2 heteroatoms. The molecule has 2 rings (SSSR count). The van der Waals surface area contributed by atoms with Crippen molar-refractivity contribution >= 4 is 26.7 Å². The molecule has 0 aromatic heterocycles. The fourth-order valence-corrected chi connectivity index (χ4v) is 2.38. The molecule has 2 aromatic rings. The molecule has 0 N–H and O–H groups in total. The lowest BCUT2D eigenvalue weighted by molar-refractivity contribution is 0.305. The normalized spacial score (nSPS) is 10.8. The van der Waals surface area contributed by atoms with E-state index in [-0.39, 0.29) is 0 Å². The number of ether oxygens (including phenoxy) is 1. The minimum atomic E-state index is 0.821. The summed E-state index contributed by atoms with van der Waals surface area (Å²) in [4.78, 5) is 0. The Bertz CT molecular complexity index is 507. The van der Waals surface area contributed by atoms with Crippen molar-refractivity contribution in [2.75, 3.05) is 6.61 Å². The number of hydrogen-bond donors (Lipinski definition) is 0. The SMILES string of the molecule is CCCCCCOc1ccc2cc(Br)ccc2c1. The van der Waals surface area contributed by atoms with E-state index in [1.54, 1.807) is 0 Å². The zero-order valence-electron chi connectivity index (χ0n) is 10.8. The Balaban J connectivity index is 1.95. The van der Waals surface area contributed by atoms with Gasteiger partial charge in [0.2, 0.25) is 0 Å². The Kier molecular flexibility index (Phi) is 5.06. The van der Waals surface area contributed by atoms with Crippen LogP contribution in [0.3, 0.4) is 0 Å². The van der Waals surface area contributed by atoms with Crippen molar-refractivity contribution in [3.63, 3.8) is 0 Å². The van der Waals surface area contributed by atoms with Crippen LogP contribution in [0.15, 0.2) is 40.9 Å². The van der Waals surface area contributed by atoms with Crippen molar-refractivity contribution in [3.05, 3.63) is 40.9 Å². The van der Waals surface area contributed by atoms with E-state index >= 15 is 0 Å². The first-order chi connectivity index (χ1) is 8.79. The number of hydrogen-bond acceptors (Lipinski definition) is 1. The fraction of sp³-hybridized carbons (Fsp3) is 0.375. The maximum absolute atomic E-state index is 5.78. The molecule has 0 saturated heterocycles. The molecule has 0 amide bonds. The maximum atomic E-state index is 5.78. The van der Waals surface area contributed by atoms with Crippen LogP contribution in [-0.4, -0.2) is 6.61 Å². The second-order valence-corrected chi connectivity index (χ2v) is 5.48. The molecule has 0 spiro atoms. The zero-order valence-corrected chi connectivity index (χ0v) is 12.4. The van der Waals surface area contributed by atoms with Gasteiger partial charge in [-0.2, -0.15) is 0 Å². The van der Waals surface area contributed by atoms with E-state index in [0.29, 0.717) is 0 Å². The average molecular weight is 307 g/mol. The van der Waals surface area contributed by atoms with Crippen molar-refractivity contribution in [1.82, 2.24) is 0 Å². The first-order valence-electron chi connectivity index (χ1n) is 6.61. The second kappa shape index (κ2) is 6.79. The Morgan fingerprint density at radius 2 is 1.72 bits per heavy atom. The molecule has 0 saturated carbocycles. The molecule has 0 heterocycles. The van der Waals surface area contributed by atoms with Crippen LogP contribution in [0.1, 0.15) is 32.6 Å². The lowest BCUT2D eigenvalue weighted by Crippen LogP contribution is -1.96. The van der Waals surface area contributed by atoms with Crippen LogP contribution in [0, 0.1) is 0 Å². The highest BCUT2D eigenvalue weighted by atomic mass is 79.9. The molecule has 0 radical (unpaired) electrons. The van der Waals surface area contributed by atoms with Gasteiger partial charge in [-0.3, -0.25) is 0 Å². The van der Waals surface area contributed by atoms with Gasteiger partial charge in [0.05, 0.1) is 6.61 Å². The van der Waals surface area contributed by atoms with Gasteiger partial charge in [0.15, 0.2) is 0 Å². The van der Waals surface area contributed by atoms with Crippen LogP contribution >= 0.6 is 15.9 Å². The first-order valence-corrected chi connectivity index (χ1v) is 7.41. The molecule has 18 heavy (non-hydrogen) atoms. The van der Waals surface area contributed by atoms with E-state index in [9.17, 15) is 0 Å². The maximum Gasteiger partial charge on any atom is 0.119 e. The molecule has 1 nitrogen and oxygen atoms in total. The molecule has 0 unspecified atom stereocenters. The van der Waals surface area contributed by atoms with Crippen LogP contribution in [-0.2, 0) is 0 Å². The summed E-state index contributed by atoms with van der Waals surface area (Å²) >= 11 is 3.49. The van der Waals surface area contributed by atoms with Crippen molar-refractivity contribution in [2.24, 2.45) is 0 Å². The van der Waals surface area contributed by atoms with E-state index in [1.165, 1.54) is 30.0 Å². The summed E-state index contributed by atoms with van der Waals surface area (Å²) in [5.74, 6) is 0.973. The highest BCUT2D eigenvalue weighted by Crippen LogP contribution is 2.24. The molecule has 96 valence electrons. The van der Waals surface area contributed by atoms with Crippen LogP contribution in [0.4, 0.5) is 0 Å². The Morgan fingerprint density at radius 1 is 0.944 bits per heavy atom. The lowest BCUT2D eigenvalue weighted by atomic mass is 10.1. The van der Waals surface area contributed by atoms with Crippen LogP contribution < -0.4 is 4.74 Å². The van der Waals surface area contributed by atoms with Crippen LogP contribution in [0.25, 0.3) is 10.8 Å². The molecular formula is C16H19BrO. The van der Waals surface area contributed by atoms with Gasteiger partial charge in [-0.15, -0.1) is 0 Å². The summed E-state index contributed by atoms with van der Waals surface area (Å²) in [6.07, 6.45) is 4.98. The van der Waals surface area contributed by atoms with Crippen molar-refractivity contribution < 1.29 is 4.74 Å². The third-order valence-electron chi connectivity index (χ3n) is 3.04. The Labute approximate surface area is 117 Å². The summed E-state index contributed by atoms with van der Waals surface area (Å²) in [5.41, 5.74) is 0. The Morgan fingerprint density at radius 3 is 2.56 bits per heavy atom. The van der Waals surface area contributed by atoms with Gasteiger partial charge in [0.25, 0.3) is 0 Å². The Hall–Kier alpha value is -1.02.